The summed E-state index contributed by atoms with van der Waals surface area (Å²) < 4.78 is 46.3. The van der Waals surface area contributed by atoms with Gasteiger partial charge >= 0.3 is 13.9 Å². The van der Waals surface area contributed by atoms with Gasteiger partial charge in [0.15, 0.2) is 6.61 Å². The van der Waals surface area contributed by atoms with Crippen LogP contribution in [0, 0.1) is 13.8 Å². The van der Waals surface area contributed by atoms with Gasteiger partial charge < -0.3 is 24.3 Å². The molecule has 8 rings (SSSR count). The molecule has 0 saturated heterocycles. The molecule has 0 aliphatic carbocycles. The first kappa shape index (κ1) is 49.2. The van der Waals surface area contributed by atoms with Crippen molar-refractivity contribution in [1.29, 1.82) is 0 Å². The maximum Gasteiger partial charge on any atom is 0.530 e. The number of phosphoric acid groups is 1. The fourth-order valence-electron chi connectivity index (χ4n) is 8.93. The van der Waals surface area contributed by atoms with E-state index in [2.05, 4.69) is 10.6 Å². The van der Waals surface area contributed by atoms with Gasteiger partial charge in [-0.05, 0) is 85.3 Å². The monoisotopic (exact) mass is 959 g/mol. The number of fused-ring (bicyclic) bond motifs is 2. The van der Waals surface area contributed by atoms with Crippen LogP contribution in [0.4, 0.5) is 4.79 Å². The van der Waals surface area contributed by atoms with Crippen molar-refractivity contribution in [2.24, 2.45) is 0 Å². The van der Waals surface area contributed by atoms with Crippen molar-refractivity contribution in [2.75, 3.05) is 0 Å². The summed E-state index contributed by atoms with van der Waals surface area (Å²) in [6.45, 7) is 11.1. The molecule has 2 N–H and O–H groups in total. The van der Waals surface area contributed by atoms with E-state index in [1.165, 1.54) is 0 Å². The predicted molar refractivity (Wildman–Crippen MR) is 271 cm³/mol. The molecule has 0 fully saturated rings. The van der Waals surface area contributed by atoms with Crippen molar-refractivity contribution in [2.45, 2.75) is 91.2 Å². The number of furan rings is 1. The van der Waals surface area contributed by atoms with E-state index < -0.39 is 36.8 Å². The third-order valence-corrected chi connectivity index (χ3v) is 13.7. The average molecular weight is 960 g/mol. The van der Waals surface area contributed by atoms with Crippen molar-refractivity contribution >= 4 is 47.6 Å². The zero-order valence-corrected chi connectivity index (χ0v) is 41.2. The minimum atomic E-state index is -4.29. The Balaban J connectivity index is 1.07. The highest BCUT2D eigenvalue weighted by molar-refractivity contribution is 7.48. The summed E-state index contributed by atoms with van der Waals surface area (Å²) >= 11 is 0. The fraction of sp³-hybridized carbons (Fsp3) is 0.246. The highest BCUT2D eigenvalue weighted by atomic mass is 31.2. The van der Waals surface area contributed by atoms with Gasteiger partial charge in [0, 0.05) is 40.8 Å². The predicted octanol–water partition coefficient (Wildman–Crippen LogP) is 13.0. The van der Waals surface area contributed by atoms with E-state index in [0.717, 1.165) is 38.6 Å². The SMILES string of the molecule is Cc1cc(C)c(C(C)(C)CC(=O)n2cc(CC(C)(NC(=O)OCc3cc4ccccc4o3)C(=O)NC(C)c3ccccc3)c3ccccc32)c(OP(=O)(OCc2ccccc2)OCc2ccccc2)c1. The standard InChI is InChI=1S/C57H58N3O9P/c1-39-30-40(2)53(51(31-39)69-70(64,66-36-42-20-10-7-11-21-42)67-37-43-22-12-8-13-23-43)56(4,5)34-52(61)60-35-46(48-27-17-18-28-49(48)60)33-57(6,54(62)58-41(3)44-24-14-9-15-25-44)59-55(63)65-38-47-32-45-26-16-19-29-50(45)68-47/h7-32,35,41H,33-34,36-38H2,1-6H3,(H,58,62)(H,59,63). The molecule has 70 heavy (non-hydrogen) atoms. The van der Waals surface area contributed by atoms with E-state index in [4.69, 9.17) is 22.7 Å². The van der Waals surface area contributed by atoms with Crippen molar-refractivity contribution in [3.63, 3.8) is 0 Å². The summed E-state index contributed by atoms with van der Waals surface area (Å²) in [5, 5.41) is 7.56. The van der Waals surface area contributed by atoms with Gasteiger partial charge in [0.25, 0.3) is 0 Å². The number of nitrogens with zero attached hydrogens (tertiary/aromatic N) is 1. The molecule has 0 aliphatic heterocycles. The molecular weight excluding hydrogens is 902 g/mol. The maximum atomic E-state index is 14.9. The van der Waals surface area contributed by atoms with Crippen molar-refractivity contribution < 1.29 is 41.7 Å². The second-order valence-corrected chi connectivity index (χ2v) is 20.2. The minimum Gasteiger partial charge on any atom is -0.457 e. The Kier molecular flexibility index (Phi) is 14.9. The Morgan fingerprint density at radius 2 is 1.33 bits per heavy atom. The van der Waals surface area contributed by atoms with E-state index in [9.17, 15) is 18.9 Å². The summed E-state index contributed by atoms with van der Waals surface area (Å²) in [5.74, 6) is 0.0342. The number of alkyl carbamates (subject to hydrolysis) is 1. The molecule has 2 atom stereocenters. The summed E-state index contributed by atoms with van der Waals surface area (Å²) in [5.41, 5.74) is 4.28. The van der Waals surface area contributed by atoms with E-state index >= 15 is 0 Å². The van der Waals surface area contributed by atoms with Crippen LogP contribution in [0.15, 0.2) is 168 Å². The van der Waals surface area contributed by atoms with Crippen molar-refractivity contribution in [3.8, 4) is 5.75 Å². The number of amides is 2. The van der Waals surface area contributed by atoms with E-state index in [0.29, 0.717) is 28.0 Å². The molecule has 0 radical (unpaired) electrons. The van der Waals surface area contributed by atoms with Crippen molar-refractivity contribution in [3.05, 3.63) is 209 Å². The largest absolute Gasteiger partial charge is 0.530 e. The first-order valence-electron chi connectivity index (χ1n) is 23.3. The quantitative estimate of drug-likeness (QED) is 0.0756. The summed E-state index contributed by atoms with van der Waals surface area (Å²) in [6, 6.07) is 48.4. The molecule has 2 aromatic heterocycles. The van der Waals surface area contributed by atoms with Crippen LogP contribution in [-0.4, -0.2) is 28.0 Å². The summed E-state index contributed by atoms with van der Waals surface area (Å²) in [4.78, 5) is 43.0. The lowest BCUT2D eigenvalue weighted by Crippen LogP contribution is -2.58. The van der Waals surface area contributed by atoms with Gasteiger partial charge in [0.1, 0.15) is 22.6 Å². The Hall–Kier alpha value is -7.24. The zero-order chi connectivity index (χ0) is 49.5. The van der Waals surface area contributed by atoms with Gasteiger partial charge in [-0.1, -0.05) is 147 Å². The smallest absolute Gasteiger partial charge is 0.457 e. The Labute approximate surface area is 408 Å². The van der Waals surface area contributed by atoms with Gasteiger partial charge in [-0.25, -0.2) is 9.36 Å². The van der Waals surface area contributed by atoms with Crippen LogP contribution in [0.5, 0.6) is 5.75 Å². The van der Waals surface area contributed by atoms with Gasteiger partial charge in [-0.2, -0.15) is 0 Å². The minimum absolute atomic E-state index is 0.000569. The second-order valence-electron chi connectivity index (χ2n) is 18.6. The second kappa shape index (κ2) is 21.2. The van der Waals surface area contributed by atoms with Crippen LogP contribution < -0.4 is 15.2 Å². The lowest BCUT2D eigenvalue weighted by atomic mass is 9.78. The third kappa shape index (κ3) is 11.8. The normalized spacial score (nSPS) is 13.1. The van der Waals surface area contributed by atoms with Crippen molar-refractivity contribution in [1.82, 2.24) is 15.2 Å². The van der Waals surface area contributed by atoms with Crippen LogP contribution in [0.1, 0.15) is 89.7 Å². The number of ether oxygens (including phenoxy) is 1. The van der Waals surface area contributed by atoms with Gasteiger partial charge in [0.05, 0.1) is 24.8 Å². The van der Waals surface area contributed by atoms with Gasteiger partial charge in [-0.3, -0.25) is 23.2 Å². The number of phosphoric ester groups is 1. The molecule has 2 amide bonds. The molecule has 13 heteroatoms. The Morgan fingerprint density at radius 1 is 0.729 bits per heavy atom. The van der Waals surface area contributed by atoms with E-state index in [1.54, 1.807) is 29.8 Å². The highest BCUT2D eigenvalue weighted by Crippen LogP contribution is 2.53. The molecule has 0 saturated carbocycles. The van der Waals surface area contributed by atoms with Crippen LogP contribution in [0.2, 0.25) is 0 Å². The molecule has 2 heterocycles. The number of para-hydroxylation sites is 2. The number of hydrogen-bond acceptors (Lipinski definition) is 9. The first-order chi connectivity index (χ1) is 33.6. The van der Waals surface area contributed by atoms with Gasteiger partial charge in [0.2, 0.25) is 11.8 Å². The van der Waals surface area contributed by atoms with E-state index in [-0.39, 0.29) is 44.3 Å². The molecule has 6 aromatic carbocycles. The third-order valence-electron chi connectivity index (χ3n) is 12.3. The number of hydrogen-bond donors (Lipinski definition) is 2. The van der Waals surface area contributed by atoms with E-state index in [1.807, 2.05) is 180 Å². The van der Waals surface area contributed by atoms with Crippen LogP contribution in [-0.2, 0) is 54.8 Å². The molecule has 8 aromatic rings. The number of aromatic nitrogens is 1. The number of carbonyl (C=O) groups excluding carboxylic acids is 3. The lowest BCUT2D eigenvalue weighted by molar-refractivity contribution is -0.127. The average Bonchev–Trinajstić information content (AvgIpc) is 3.94. The molecule has 2 unspecified atom stereocenters. The fourth-order valence-corrected chi connectivity index (χ4v) is 10.1. The molecular formula is C57H58N3O9P. The zero-order valence-electron chi connectivity index (χ0n) is 40.3. The number of carbonyl (C=O) groups is 3. The van der Waals surface area contributed by atoms with Crippen LogP contribution >= 0.6 is 7.82 Å². The highest BCUT2D eigenvalue weighted by Gasteiger charge is 2.39. The number of benzene rings is 6. The number of rotatable bonds is 19. The molecule has 0 bridgehead atoms. The lowest BCUT2D eigenvalue weighted by Gasteiger charge is -2.31. The summed E-state index contributed by atoms with van der Waals surface area (Å²) in [7, 11) is -4.29. The molecule has 12 nitrogen and oxygen atoms in total. The summed E-state index contributed by atoms with van der Waals surface area (Å²) in [6.07, 6.45) is 0.906. The topological polar surface area (TPSA) is 147 Å². The molecule has 0 spiro atoms. The number of nitrogens with one attached hydrogen (secondary N) is 2. The molecule has 0 aliphatic rings. The maximum absolute atomic E-state index is 14.9. The van der Waals surface area contributed by atoms with Crippen LogP contribution in [0.3, 0.4) is 0 Å². The van der Waals surface area contributed by atoms with Crippen LogP contribution in [0.25, 0.3) is 21.9 Å². The van der Waals surface area contributed by atoms with Gasteiger partial charge in [-0.15, -0.1) is 0 Å². The first-order valence-corrected chi connectivity index (χ1v) is 24.7. The molecule has 360 valence electrons. The Morgan fingerprint density at radius 3 is 1.99 bits per heavy atom. The number of aryl methyl sites for hydroxylation is 2. The Bertz CT molecular complexity index is 3090.